The quantitative estimate of drug-likeness (QED) is 0.455. The van der Waals surface area contributed by atoms with Crippen LogP contribution in [0.15, 0.2) is 11.6 Å². The molecule has 3 atom stereocenters. The third-order valence-corrected chi connectivity index (χ3v) is 3.10. The molecule has 0 fully saturated rings. The van der Waals surface area contributed by atoms with Crippen LogP contribution in [0.5, 0.6) is 0 Å². The van der Waals surface area contributed by atoms with Crippen LogP contribution in [-0.2, 0) is 4.79 Å². The van der Waals surface area contributed by atoms with Gasteiger partial charge in [-0.1, -0.05) is 25.5 Å². The van der Waals surface area contributed by atoms with E-state index in [1.807, 2.05) is 0 Å². The molecule has 0 aromatic heterocycles. The first-order chi connectivity index (χ1) is 5.65. The van der Waals surface area contributed by atoms with E-state index in [2.05, 4.69) is 26.8 Å². The molecule has 0 unspecified atom stereocenters. The number of hydrogen-bond acceptors (Lipinski definition) is 1. The van der Waals surface area contributed by atoms with Crippen LogP contribution in [0, 0.1) is 17.8 Å². The van der Waals surface area contributed by atoms with Crippen LogP contribution in [0.3, 0.4) is 0 Å². The average Bonchev–Trinajstić information content (AvgIpc) is 2.01. The second-order valence-corrected chi connectivity index (χ2v) is 4.08. The molecular weight excluding hydrogens is 148 g/mol. The van der Waals surface area contributed by atoms with Crippen molar-refractivity contribution in [2.45, 2.75) is 33.6 Å². The maximum Gasteiger partial charge on any atom is 0.120 e. The summed E-state index contributed by atoms with van der Waals surface area (Å²) in [5.41, 5.74) is 1.41. The molecule has 0 saturated carbocycles. The van der Waals surface area contributed by atoms with Gasteiger partial charge in [0.25, 0.3) is 0 Å². The second kappa shape index (κ2) is 3.88. The molecule has 0 aliphatic heterocycles. The lowest BCUT2D eigenvalue weighted by atomic mass is 9.76. The van der Waals surface area contributed by atoms with Crippen LogP contribution in [0.25, 0.3) is 0 Å². The highest BCUT2D eigenvalue weighted by Crippen LogP contribution is 2.33. The number of allylic oxidation sites excluding steroid dienone is 2. The van der Waals surface area contributed by atoms with Gasteiger partial charge in [0.2, 0.25) is 0 Å². The molecule has 68 valence electrons. The number of hydrogen-bond donors (Lipinski definition) is 0. The summed E-state index contributed by atoms with van der Waals surface area (Å²) in [4.78, 5) is 10.4. The van der Waals surface area contributed by atoms with Crippen LogP contribution in [0.2, 0.25) is 0 Å². The van der Waals surface area contributed by atoms with E-state index in [0.717, 1.165) is 12.2 Å². The first-order valence-electron chi connectivity index (χ1n) is 4.77. The highest BCUT2D eigenvalue weighted by Gasteiger charge is 2.23. The Hall–Kier alpha value is -0.590. The average molecular weight is 166 g/mol. The number of carbonyl (C=O) groups is 1. The van der Waals surface area contributed by atoms with Crippen molar-refractivity contribution in [1.29, 1.82) is 0 Å². The molecule has 0 bridgehead atoms. The summed E-state index contributed by atoms with van der Waals surface area (Å²) in [5.74, 6) is 1.94. The Morgan fingerprint density at radius 1 is 1.58 bits per heavy atom. The third-order valence-electron chi connectivity index (χ3n) is 3.10. The molecule has 0 aromatic carbocycles. The molecule has 0 aromatic rings. The van der Waals surface area contributed by atoms with Gasteiger partial charge >= 0.3 is 0 Å². The minimum absolute atomic E-state index is 0.522. The molecule has 0 spiro atoms. The van der Waals surface area contributed by atoms with E-state index in [0.29, 0.717) is 18.3 Å². The van der Waals surface area contributed by atoms with Crippen molar-refractivity contribution in [3.05, 3.63) is 11.6 Å². The van der Waals surface area contributed by atoms with Crippen LogP contribution in [0.4, 0.5) is 0 Å². The van der Waals surface area contributed by atoms with Gasteiger partial charge < -0.3 is 4.79 Å². The van der Waals surface area contributed by atoms with Crippen molar-refractivity contribution in [3.63, 3.8) is 0 Å². The third kappa shape index (κ3) is 1.96. The van der Waals surface area contributed by atoms with Gasteiger partial charge in [0.1, 0.15) is 6.29 Å². The Kier molecular flexibility index (Phi) is 3.07. The first-order valence-corrected chi connectivity index (χ1v) is 4.77. The number of carbonyl (C=O) groups excluding carboxylic acids is 1. The molecule has 0 heterocycles. The fourth-order valence-electron chi connectivity index (χ4n) is 1.96. The largest absolute Gasteiger partial charge is 0.303 e. The van der Waals surface area contributed by atoms with Crippen molar-refractivity contribution < 1.29 is 4.79 Å². The Balaban J connectivity index is 2.67. The SMILES string of the molecule is CC1=C[C@H](C)[C@H](C)C[C@@H]1CC=O. The van der Waals surface area contributed by atoms with Crippen molar-refractivity contribution >= 4 is 6.29 Å². The standard InChI is InChI=1S/C11H18O/c1-8-6-10(3)11(4-5-12)7-9(8)2/h5-6,8-9,11H,4,7H2,1-3H3/t8-,9+,11-/m0/s1. The second-order valence-electron chi connectivity index (χ2n) is 4.08. The molecule has 1 heteroatoms. The van der Waals surface area contributed by atoms with Crippen LogP contribution < -0.4 is 0 Å². The molecule has 0 radical (unpaired) electrons. The highest BCUT2D eigenvalue weighted by atomic mass is 16.1. The topological polar surface area (TPSA) is 17.1 Å². The summed E-state index contributed by atoms with van der Waals surface area (Å²) < 4.78 is 0. The smallest absolute Gasteiger partial charge is 0.120 e. The number of aldehydes is 1. The van der Waals surface area contributed by atoms with Crippen molar-refractivity contribution in [2.24, 2.45) is 17.8 Å². The maximum absolute atomic E-state index is 10.4. The molecule has 1 rings (SSSR count). The van der Waals surface area contributed by atoms with Crippen molar-refractivity contribution in [2.75, 3.05) is 0 Å². The molecule has 0 N–H and O–H groups in total. The monoisotopic (exact) mass is 166 g/mol. The Morgan fingerprint density at radius 3 is 2.83 bits per heavy atom. The summed E-state index contributed by atoms with van der Waals surface area (Å²) in [6, 6.07) is 0. The van der Waals surface area contributed by atoms with Crippen molar-refractivity contribution in [3.8, 4) is 0 Å². The van der Waals surface area contributed by atoms with Crippen molar-refractivity contribution in [1.82, 2.24) is 0 Å². The molecule has 0 saturated heterocycles. The van der Waals surface area contributed by atoms with E-state index in [9.17, 15) is 4.79 Å². The normalized spacial score (nSPS) is 35.9. The summed E-state index contributed by atoms with van der Waals surface area (Å²) in [6.07, 6.45) is 5.26. The Morgan fingerprint density at radius 2 is 2.25 bits per heavy atom. The molecule has 1 nitrogen and oxygen atoms in total. The van der Waals surface area contributed by atoms with E-state index < -0.39 is 0 Å². The van der Waals surface area contributed by atoms with Gasteiger partial charge in [-0.3, -0.25) is 0 Å². The van der Waals surface area contributed by atoms with Gasteiger partial charge in [-0.15, -0.1) is 0 Å². The summed E-state index contributed by atoms with van der Waals surface area (Å²) in [7, 11) is 0. The lowest BCUT2D eigenvalue weighted by molar-refractivity contribution is -0.108. The van der Waals surface area contributed by atoms with Crippen LogP contribution in [-0.4, -0.2) is 6.29 Å². The molecule has 1 aliphatic rings. The van der Waals surface area contributed by atoms with Gasteiger partial charge in [-0.25, -0.2) is 0 Å². The predicted octanol–water partition coefficient (Wildman–Crippen LogP) is 2.81. The van der Waals surface area contributed by atoms with E-state index in [4.69, 9.17) is 0 Å². The van der Waals surface area contributed by atoms with Gasteiger partial charge in [0.05, 0.1) is 0 Å². The molecule has 0 amide bonds. The fourth-order valence-corrected chi connectivity index (χ4v) is 1.96. The zero-order chi connectivity index (χ0) is 9.14. The zero-order valence-electron chi connectivity index (χ0n) is 8.21. The summed E-state index contributed by atoms with van der Waals surface area (Å²) >= 11 is 0. The van der Waals surface area contributed by atoms with Crippen LogP contribution in [0.1, 0.15) is 33.6 Å². The van der Waals surface area contributed by atoms with Gasteiger partial charge in [0.15, 0.2) is 0 Å². The minimum Gasteiger partial charge on any atom is -0.303 e. The lowest BCUT2D eigenvalue weighted by Gasteiger charge is -2.29. The zero-order valence-corrected chi connectivity index (χ0v) is 8.21. The maximum atomic E-state index is 10.4. The van der Waals surface area contributed by atoms with E-state index in [1.54, 1.807) is 0 Å². The van der Waals surface area contributed by atoms with E-state index in [-0.39, 0.29) is 0 Å². The van der Waals surface area contributed by atoms with Crippen LogP contribution >= 0.6 is 0 Å². The van der Waals surface area contributed by atoms with Gasteiger partial charge in [0, 0.05) is 6.42 Å². The summed E-state index contributed by atoms with van der Waals surface area (Å²) in [6.45, 7) is 6.67. The minimum atomic E-state index is 0.522. The van der Waals surface area contributed by atoms with Gasteiger partial charge in [-0.2, -0.15) is 0 Å². The van der Waals surface area contributed by atoms with E-state index >= 15 is 0 Å². The Labute approximate surface area is 74.9 Å². The highest BCUT2D eigenvalue weighted by molar-refractivity contribution is 5.50. The predicted molar refractivity (Wildman–Crippen MR) is 50.9 cm³/mol. The molecule has 12 heavy (non-hydrogen) atoms. The fraction of sp³-hybridized carbons (Fsp3) is 0.727. The van der Waals surface area contributed by atoms with E-state index in [1.165, 1.54) is 12.0 Å². The lowest BCUT2D eigenvalue weighted by Crippen LogP contribution is -2.19. The number of rotatable bonds is 2. The summed E-state index contributed by atoms with van der Waals surface area (Å²) in [5, 5.41) is 0. The Bertz CT molecular complexity index is 193. The molecular formula is C11H18O. The van der Waals surface area contributed by atoms with Gasteiger partial charge in [-0.05, 0) is 31.1 Å². The first kappa shape index (κ1) is 9.50. The molecule has 1 aliphatic carbocycles.